The van der Waals surface area contributed by atoms with Gasteiger partial charge in [-0.05, 0) is 22.9 Å². The van der Waals surface area contributed by atoms with Crippen LogP contribution in [0, 0.1) is 11.6 Å². The quantitative estimate of drug-likeness (QED) is 0.519. The number of benzene rings is 1. The summed E-state index contributed by atoms with van der Waals surface area (Å²) in [5.41, 5.74) is -0.358. The highest BCUT2D eigenvalue weighted by atomic mass is 19.1. The molecule has 11 nitrogen and oxygen atoms in total. The van der Waals surface area contributed by atoms with Crippen molar-refractivity contribution in [2.45, 2.75) is 24.9 Å². The number of aliphatic hydroxyl groups excluding tert-OH is 3. The van der Waals surface area contributed by atoms with Gasteiger partial charge in [-0.1, -0.05) is 6.08 Å². The molecule has 3 N–H and O–H groups in total. The topological polar surface area (TPSA) is 146 Å². The van der Waals surface area contributed by atoms with E-state index in [1.807, 2.05) is 0 Å². The highest BCUT2D eigenvalue weighted by Crippen LogP contribution is 2.33. The van der Waals surface area contributed by atoms with Gasteiger partial charge in [0.25, 0.3) is 11.8 Å². The minimum atomic E-state index is -1.71. The number of carbonyl (C=O) groups is 2. The molecule has 0 radical (unpaired) electrons. The highest BCUT2D eigenvalue weighted by molar-refractivity contribution is 5.90. The molecule has 0 bridgehead atoms. The molecule has 1 aromatic heterocycles. The zero-order valence-electron chi connectivity index (χ0n) is 17.6. The number of hydrogen-bond acceptors (Lipinski definition) is 9. The number of halogens is 2. The van der Waals surface area contributed by atoms with Crippen molar-refractivity contribution in [2.24, 2.45) is 0 Å². The van der Waals surface area contributed by atoms with Crippen molar-refractivity contribution in [2.75, 3.05) is 31.2 Å². The van der Waals surface area contributed by atoms with Crippen LogP contribution >= 0.6 is 0 Å². The van der Waals surface area contributed by atoms with Gasteiger partial charge in [0.1, 0.15) is 30.7 Å². The summed E-state index contributed by atoms with van der Waals surface area (Å²) in [7, 11) is 0. The van der Waals surface area contributed by atoms with Gasteiger partial charge in [0.2, 0.25) is 0 Å². The first-order valence-corrected chi connectivity index (χ1v) is 10.3. The van der Waals surface area contributed by atoms with Crippen molar-refractivity contribution in [1.82, 2.24) is 10.1 Å². The molecule has 3 heterocycles. The average molecular weight is 481 g/mol. The fourth-order valence-electron chi connectivity index (χ4n) is 3.73. The Morgan fingerprint density at radius 2 is 2.06 bits per heavy atom. The summed E-state index contributed by atoms with van der Waals surface area (Å²) in [5.74, 6) is -2.65. The summed E-state index contributed by atoms with van der Waals surface area (Å²) in [6.45, 7) is -1.10. The molecular weight excluding hydrogens is 460 g/mol. The smallest absolute Gasteiger partial charge is 0.414 e. The summed E-state index contributed by atoms with van der Waals surface area (Å²) in [5, 5.41) is 32.2. The van der Waals surface area contributed by atoms with Crippen LogP contribution in [0.1, 0.15) is 12.0 Å². The molecule has 2 aliphatic rings. The number of cyclic esters (lactones) is 1. The van der Waals surface area contributed by atoms with Crippen LogP contribution in [0.25, 0.3) is 5.57 Å². The van der Waals surface area contributed by atoms with E-state index in [-0.39, 0.29) is 43.3 Å². The number of carbonyl (C=O) groups excluding carboxylic acids is 2. The zero-order valence-corrected chi connectivity index (χ0v) is 17.6. The van der Waals surface area contributed by atoms with E-state index in [0.717, 1.165) is 21.9 Å². The summed E-state index contributed by atoms with van der Waals surface area (Å²) < 4.78 is 45.0. The first-order valence-electron chi connectivity index (χ1n) is 10.3. The number of nitrogens with zero attached hydrogens (tertiary/aromatic N) is 3. The van der Waals surface area contributed by atoms with E-state index < -0.39 is 54.2 Å². The normalized spacial score (nSPS) is 21.3. The van der Waals surface area contributed by atoms with E-state index in [1.54, 1.807) is 0 Å². The van der Waals surface area contributed by atoms with E-state index in [9.17, 15) is 28.6 Å². The Morgan fingerprint density at radius 3 is 2.68 bits per heavy atom. The molecule has 1 aromatic carbocycles. The number of aromatic nitrogens is 1. The molecule has 1 saturated heterocycles. The summed E-state index contributed by atoms with van der Waals surface area (Å²) >= 11 is 0. The minimum absolute atomic E-state index is 0.0133. The fourth-order valence-corrected chi connectivity index (χ4v) is 3.73. The molecule has 13 heteroatoms. The molecule has 2 amide bonds. The molecule has 182 valence electrons. The highest BCUT2D eigenvalue weighted by Gasteiger charge is 2.35. The van der Waals surface area contributed by atoms with Crippen LogP contribution in [0.3, 0.4) is 0 Å². The Bertz CT molecular complexity index is 1070. The number of amides is 2. The summed E-state index contributed by atoms with van der Waals surface area (Å²) in [6, 6.07) is 3.42. The standard InChI is InChI=1S/C21H21F2N3O8/c22-14-6-12(26-8-13(34-21(26)31)10-32-17-2-4-33-24-17)7-15(23)19(14)11-1-3-25(18(29)5-11)20(30)16(28)9-27/h1-2,4,6-7,13,16,18,27-29H,3,5,8-10H2/t13-,16+,18?/m1/s1. The molecule has 2 aliphatic heterocycles. The maximum atomic E-state index is 14.9. The molecule has 2 aromatic rings. The van der Waals surface area contributed by atoms with Gasteiger partial charge >= 0.3 is 6.09 Å². The molecule has 1 fully saturated rings. The fraction of sp³-hybridized carbons (Fsp3) is 0.381. The maximum Gasteiger partial charge on any atom is 0.414 e. The molecule has 0 saturated carbocycles. The van der Waals surface area contributed by atoms with Crippen molar-refractivity contribution in [3.8, 4) is 5.88 Å². The maximum absolute atomic E-state index is 14.9. The average Bonchev–Trinajstić information content (AvgIpc) is 3.45. The first kappa shape index (κ1) is 23.6. The SMILES string of the molecule is O=C1O[C@@H](COc2ccon2)CN1c1cc(F)c(C2=CCN(C(=O)[C@@H](O)CO)C(O)C2)c(F)c1. The van der Waals surface area contributed by atoms with Gasteiger partial charge < -0.3 is 34.2 Å². The second-order valence-electron chi connectivity index (χ2n) is 7.65. The third-order valence-corrected chi connectivity index (χ3v) is 5.40. The summed E-state index contributed by atoms with van der Waals surface area (Å²) in [6.07, 6.45) is -2.31. The third-order valence-electron chi connectivity index (χ3n) is 5.40. The van der Waals surface area contributed by atoms with Crippen LogP contribution in [-0.4, -0.2) is 82.1 Å². The first-order chi connectivity index (χ1) is 16.3. The third kappa shape index (κ3) is 4.71. The Kier molecular flexibility index (Phi) is 6.77. The Balaban J connectivity index is 1.47. The van der Waals surface area contributed by atoms with Crippen LogP contribution in [0.4, 0.5) is 19.3 Å². The number of anilines is 1. The lowest BCUT2D eigenvalue weighted by molar-refractivity contribution is -0.151. The lowest BCUT2D eigenvalue weighted by Gasteiger charge is -2.33. The van der Waals surface area contributed by atoms with E-state index in [0.29, 0.717) is 0 Å². The van der Waals surface area contributed by atoms with Gasteiger partial charge in [-0.15, -0.1) is 0 Å². The van der Waals surface area contributed by atoms with E-state index in [1.165, 1.54) is 18.4 Å². The van der Waals surface area contributed by atoms with Crippen LogP contribution in [0.15, 0.2) is 35.1 Å². The zero-order chi connectivity index (χ0) is 24.4. The van der Waals surface area contributed by atoms with Crippen molar-refractivity contribution in [3.05, 3.63) is 47.7 Å². The molecular formula is C21H21F2N3O8. The van der Waals surface area contributed by atoms with Gasteiger partial charge in [0, 0.05) is 24.6 Å². The van der Waals surface area contributed by atoms with E-state index in [2.05, 4.69) is 9.68 Å². The lowest BCUT2D eigenvalue weighted by atomic mass is 9.96. The van der Waals surface area contributed by atoms with E-state index >= 15 is 0 Å². The van der Waals surface area contributed by atoms with Crippen LogP contribution in [0.2, 0.25) is 0 Å². The number of aliphatic hydroxyl groups is 3. The molecule has 0 spiro atoms. The summed E-state index contributed by atoms with van der Waals surface area (Å²) in [4.78, 5) is 26.2. The van der Waals surface area contributed by atoms with Crippen molar-refractivity contribution >= 4 is 23.3 Å². The Morgan fingerprint density at radius 1 is 1.32 bits per heavy atom. The molecule has 0 aliphatic carbocycles. The van der Waals surface area contributed by atoms with Crippen molar-refractivity contribution < 1.29 is 47.7 Å². The Hall–Kier alpha value is -3.55. The van der Waals surface area contributed by atoms with Crippen molar-refractivity contribution in [3.63, 3.8) is 0 Å². The monoisotopic (exact) mass is 481 g/mol. The minimum Gasteiger partial charge on any atom is -0.471 e. The molecule has 4 rings (SSSR count). The second-order valence-corrected chi connectivity index (χ2v) is 7.65. The van der Waals surface area contributed by atoms with Crippen LogP contribution in [0.5, 0.6) is 5.88 Å². The van der Waals surface area contributed by atoms with Crippen LogP contribution < -0.4 is 9.64 Å². The van der Waals surface area contributed by atoms with E-state index in [4.69, 9.17) is 14.6 Å². The molecule has 1 unspecified atom stereocenters. The largest absolute Gasteiger partial charge is 0.471 e. The Labute approximate surface area is 191 Å². The van der Waals surface area contributed by atoms with Gasteiger partial charge in [-0.2, -0.15) is 0 Å². The van der Waals surface area contributed by atoms with Gasteiger partial charge in [-0.25, -0.2) is 13.6 Å². The number of rotatable bonds is 7. The predicted octanol–water partition coefficient (Wildman–Crippen LogP) is 0.644. The van der Waals surface area contributed by atoms with Gasteiger partial charge in [-0.3, -0.25) is 9.69 Å². The molecule has 3 atom stereocenters. The van der Waals surface area contributed by atoms with Gasteiger partial charge in [0.05, 0.1) is 18.8 Å². The van der Waals surface area contributed by atoms with Crippen molar-refractivity contribution in [1.29, 1.82) is 0 Å². The molecule has 34 heavy (non-hydrogen) atoms. The predicted molar refractivity (Wildman–Crippen MR) is 109 cm³/mol. The lowest BCUT2D eigenvalue weighted by Crippen LogP contribution is -2.48. The van der Waals surface area contributed by atoms with Gasteiger partial charge in [0.15, 0.2) is 12.2 Å². The number of ether oxygens (including phenoxy) is 2. The second kappa shape index (κ2) is 9.75. The number of hydrogen-bond donors (Lipinski definition) is 3. The van der Waals surface area contributed by atoms with Crippen LogP contribution in [-0.2, 0) is 9.53 Å².